The molecule has 0 amide bonds. The number of anilines is 1. The number of benzene rings is 2. The fourth-order valence-corrected chi connectivity index (χ4v) is 2.80. The van der Waals surface area contributed by atoms with Gasteiger partial charge >= 0.3 is 0 Å². The molecule has 25 heavy (non-hydrogen) atoms. The first kappa shape index (κ1) is 17.2. The summed E-state index contributed by atoms with van der Waals surface area (Å²) in [5.74, 6) is -0.309. The first-order valence-electron chi connectivity index (χ1n) is 8.02. The summed E-state index contributed by atoms with van der Waals surface area (Å²) in [6.45, 7) is 3.20. The van der Waals surface area contributed by atoms with E-state index in [0.717, 1.165) is 37.6 Å². The molecule has 0 spiro atoms. The van der Waals surface area contributed by atoms with Gasteiger partial charge in [0.1, 0.15) is 11.6 Å². The molecule has 4 nitrogen and oxygen atoms in total. The van der Waals surface area contributed by atoms with Crippen molar-refractivity contribution in [2.75, 3.05) is 31.2 Å². The molecule has 2 aromatic carbocycles. The highest BCUT2D eigenvalue weighted by Crippen LogP contribution is 2.19. The lowest BCUT2D eigenvalue weighted by atomic mass is 10.0. The Morgan fingerprint density at radius 3 is 2.32 bits per heavy atom. The van der Waals surface area contributed by atoms with E-state index in [0.29, 0.717) is 10.6 Å². The molecule has 1 heterocycles. The molecule has 0 unspecified atom stereocenters. The van der Waals surface area contributed by atoms with Crippen molar-refractivity contribution in [1.82, 2.24) is 0 Å². The van der Waals surface area contributed by atoms with Crippen molar-refractivity contribution in [3.05, 3.63) is 70.3 Å². The number of Topliss-reactive ketones (excluding diaryl/α,β-unsaturated/α-hetero) is 1. The van der Waals surface area contributed by atoms with Gasteiger partial charge in [0.05, 0.1) is 13.2 Å². The minimum absolute atomic E-state index is 0.0986. The second kappa shape index (κ2) is 7.98. The standard InChI is InChI=1S/C20H17ClN2O2/c21-18-5-3-16(4-6-18)20(24)17(14-22)13-15-1-7-19(8-2-15)23-9-11-25-12-10-23/h1-8,13H,9-12H2/b17-13+. The molecule has 1 aliphatic rings. The second-order valence-corrected chi connectivity index (χ2v) is 6.13. The van der Waals surface area contributed by atoms with Gasteiger partial charge in [-0.1, -0.05) is 23.7 Å². The average molecular weight is 353 g/mol. The molecule has 126 valence electrons. The van der Waals surface area contributed by atoms with Gasteiger partial charge in [-0.15, -0.1) is 0 Å². The van der Waals surface area contributed by atoms with Gasteiger partial charge in [0.2, 0.25) is 5.78 Å². The van der Waals surface area contributed by atoms with E-state index in [1.54, 1.807) is 30.3 Å². The molecule has 1 fully saturated rings. The lowest BCUT2D eigenvalue weighted by molar-refractivity contribution is 0.104. The topological polar surface area (TPSA) is 53.3 Å². The third-order valence-corrected chi connectivity index (χ3v) is 4.30. The molecule has 3 rings (SSSR count). The number of rotatable bonds is 4. The van der Waals surface area contributed by atoms with Crippen LogP contribution in [0.5, 0.6) is 0 Å². The van der Waals surface area contributed by atoms with Crippen molar-refractivity contribution in [2.45, 2.75) is 0 Å². The Kier molecular flexibility index (Phi) is 5.49. The van der Waals surface area contributed by atoms with Crippen LogP contribution < -0.4 is 4.90 Å². The number of hydrogen-bond donors (Lipinski definition) is 0. The van der Waals surface area contributed by atoms with Crippen LogP contribution in [0.3, 0.4) is 0 Å². The largest absolute Gasteiger partial charge is 0.378 e. The third kappa shape index (κ3) is 4.27. The first-order chi connectivity index (χ1) is 12.2. The minimum Gasteiger partial charge on any atom is -0.378 e. The number of morpholine rings is 1. The maximum absolute atomic E-state index is 12.4. The van der Waals surface area contributed by atoms with Crippen molar-refractivity contribution in [2.24, 2.45) is 0 Å². The summed E-state index contributed by atoms with van der Waals surface area (Å²) in [6.07, 6.45) is 1.61. The van der Waals surface area contributed by atoms with Gasteiger partial charge in [0, 0.05) is 29.4 Å². The summed E-state index contributed by atoms with van der Waals surface area (Å²) in [5.41, 5.74) is 2.47. The van der Waals surface area contributed by atoms with Crippen molar-refractivity contribution in [3.8, 4) is 6.07 Å². The Hall–Kier alpha value is -2.61. The zero-order chi connectivity index (χ0) is 17.6. The van der Waals surface area contributed by atoms with Gasteiger partial charge in [0.25, 0.3) is 0 Å². The average Bonchev–Trinajstić information content (AvgIpc) is 2.67. The maximum Gasteiger partial charge on any atom is 0.203 e. The van der Waals surface area contributed by atoms with Crippen molar-refractivity contribution in [3.63, 3.8) is 0 Å². The van der Waals surface area contributed by atoms with E-state index >= 15 is 0 Å². The molecule has 2 aromatic rings. The Balaban J connectivity index is 1.78. The van der Waals surface area contributed by atoms with Gasteiger partial charge in [-0.2, -0.15) is 5.26 Å². The lowest BCUT2D eigenvalue weighted by Crippen LogP contribution is -2.36. The predicted molar refractivity (Wildman–Crippen MR) is 98.8 cm³/mol. The minimum atomic E-state index is -0.309. The SMILES string of the molecule is N#C/C(=C\c1ccc(N2CCOCC2)cc1)C(=O)c1ccc(Cl)cc1. The molecule has 0 saturated carbocycles. The number of nitriles is 1. The smallest absolute Gasteiger partial charge is 0.203 e. The van der Waals surface area contributed by atoms with Crippen LogP contribution >= 0.6 is 11.6 Å². The summed E-state index contributed by atoms with van der Waals surface area (Å²) in [6, 6.07) is 16.3. The van der Waals surface area contributed by atoms with Gasteiger partial charge in [-0.3, -0.25) is 4.79 Å². The maximum atomic E-state index is 12.4. The monoisotopic (exact) mass is 352 g/mol. The third-order valence-electron chi connectivity index (χ3n) is 4.05. The summed E-state index contributed by atoms with van der Waals surface area (Å²) in [4.78, 5) is 14.7. The van der Waals surface area contributed by atoms with E-state index in [2.05, 4.69) is 4.90 Å². The van der Waals surface area contributed by atoms with Crippen LogP contribution in [0.4, 0.5) is 5.69 Å². The molecule has 1 aliphatic heterocycles. The number of ether oxygens (including phenoxy) is 1. The van der Waals surface area contributed by atoms with E-state index < -0.39 is 0 Å². The first-order valence-corrected chi connectivity index (χ1v) is 8.40. The van der Waals surface area contributed by atoms with E-state index in [-0.39, 0.29) is 11.4 Å². The number of nitrogens with zero attached hydrogens (tertiary/aromatic N) is 2. The summed E-state index contributed by atoms with van der Waals surface area (Å²) < 4.78 is 5.35. The van der Waals surface area contributed by atoms with Crippen LogP contribution in [-0.4, -0.2) is 32.1 Å². The molecular formula is C20H17ClN2O2. The molecule has 0 atom stereocenters. The van der Waals surface area contributed by atoms with Gasteiger partial charge in [-0.05, 0) is 48.0 Å². The summed E-state index contributed by atoms with van der Waals surface area (Å²) >= 11 is 5.84. The van der Waals surface area contributed by atoms with E-state index in [1.165, 1.54) is 0 Å². The zero-order valence-corrected chi connectivity index (χ0v) is 14.4. The molecule has 0 radical (unpaired) electrons. The molecule has 0 bridgehead atoms. The quantitative estimate of drug-likeness (QED) is 0.474. The highest BCUT2D eigenvalue weighted by Gasteiger charge is 2.13. The van der Waals surface area contributed by atoms with Crippen LogP contribution in [0.1, 0.15) is 15.9 Å². The van der Waals surface area contributed by atoms with Crippen LogP contribution in [0.25, 0.3) is 6.08 Å². The van der Waals surface area contributed by atoms with Gasteiger partial charge in [-0.25, -0.2) is 0 Å². The molecule has 5 heteroatoms. The molecule has 0 aromatic heterocycles. The van der Waals surface area contributed by atoms with Crippen molar-refractivity contribution in [1.29, 1.82) is 5.26 Å². The highest BCUT2D eigenvalue weighted by atomic mass is 35.5. The number of carbonyl (C=O) groups is 1. The second-order valence-electron chi connectivity index (χ2n) is 5.70. The highest BCUT2D eigenvalue weighted by molar-refractivity contribution is 6.30. The Morgan fingerprint density at radius 2 is 1.72 bits per heavy atom. The van der Waals surface area contributed by atoms with Crippen LogP contribution in [0, 0.1) is 11.3 Å². The molecule has 0 aliphatic carbocycles. The van der Waals surface area contributed by atoms with Crippen molar-refractivity contribution < 1.29 is 9.53 Å². The Morgan fingerprint density at radius 1 is 1.08 bits per heavy atom. The van der Waals surface area contributed by atoms with Crippen molar-refractivity contribution >= 4 is 29.1 Å². The normalized spacial score (nSPS) is 14.9. The number of halogens is 1. The van der Waals surface area contributed by atoms with E-state index in [4.69, 9.17) is 16.3 Å². The van der Waals surface area contributed by atoms with E-state index in [9.17, 15) is 10.1 Å². The number of allylic oxidation sites excluding steroid dienone is 1. The number of ketones is 1. The number of carbonyl (C=O) groups excluding carboxylic acids is 1. The summed E-state index contributed by atoms with van der Waals surface area (Å²) in [5, 5.41) is 9.90. The fourth-order valence-electron chi connectivity index (χ4n) is 2.67. The lowest BCUT2D eigenvalue weighted by Gasteiger charge is -2.28. The molecular weight excluding hydrogens is 336 g/mol. The summed E-state index contributed by atoms with van der Waals surface area (Å²) in [7, 11) is 0. The predicted octanol–water partition coefficient (Wildman–Crippen LogP) is 3.97. The zero-order valence-electron chi connectivity index (χ0n) is 13.6. The van der Waals surface area contributed by atoms with Gasteiger partial charge < -0.3 is 9.64 Å². The van der Waals surface area contributed by atoms with Crippen LogP contribution in [0.2, 0.25) is 5.02 Å². The Bertz CT molecular complexity index is 814. The van der Waals surface area contributed by atoms with E-state index in [1.807, 2.05) is 30.3 Å². The molecule has 1 saturated heterocycles. The Labute approximate surface area is 151 Å². The number of hydrogen-bond acceptors (Lipinski definition) is 4. The fraction of sp³-hybridized carbons (Fsp3) is 0.200. The van der Waals surface area contributed by atoms with Gasteiger partial charge in [0.15, 0.2) is 0 Å². The molecule has 0 N–H and O–H groups in total. The van der Waals surface area contributed by atoms with Crippen LogP contribution in [-0.2, 0) is 4.74 Å². The van der Waals surface area contributed by atoms with Crippen LogP contribution in [0.15, 0.2) is 54.1 Å².